The van der Waals surface area contributed by atoms with Crippen LogP contribution in [0.1, 0.15) is 42.5 Å². The van der Waals surface area contributed by atoms with Crippen LogP contribution in [0.2, 0.25) is 0 Å². The third kappa shape index (κ3) is 3.09. The van der Waals surface area contributed by atoms with Crippen molar-refractivity contribution in [2.24, 2.45) is 11.8 Å². The Kier molecular flexibility index (Phi) is 3.94. The molecular weight excluding hydrogens is 270 g/mol. The third-order valence-electron chi connectivity index (χ3n) is 4.76. The van der Waals surface area contributed by atoms with Gasteiger partial charge in [0.25, 0.3) is 0 Å². The van der Waals surface area contributed by atoms with E-state index >= 15 is 0 Å². The second-order valence-corrected chi connectivity index (χ2v) is 6.19. The molecule has 0 radical (unpaired) electrons. The van der Waals surface area contributed by atoms with E-state index in [-0.39, 0.29) is 18.0 Å². The second kappa shape index (κ2) is 5.87. The van der Waals surface area contributed by atoms with Crippen LogP contribution >= 0.6 is 0 Å². The average molecular weight is 291 g/mol. The van der Waals surface area contributed by atoms with Crippen molar-refractivity contribution in [2.75, 3.05) is 13.1 Å². The number of amides is 1. The molecular formula is C15H21N3O3. The van der Waals surface area contributed by atoms with E-state index in [1.54, 1.807) is 0 Å². The number of hydrogen-bond donors (Lipinski definition) is 1. The summed E-state index contributed by atoms with van der Waals surface area (Å²) in [7, 11) is 0. The molecule has 1 amide bonds. The van der Waals surface area contributed by atoms with Crippen LogP contribution in [0.25, 0.3) is 0 Å². The van der Waals surface area contributed by atoms with Gasteiger partial charge in [0.05, 0.1) is 11.8 Å². The van der Waals surface area contributed by atoms with E-state index in [1.807, 2.05) is 4.90 Å². The highest BCUT2D eigenvalue weighted by Gasteiger charge is 2.35. The van der Waals surface area contributed by atoms with Crippen LogP contribution in [0.3, 0.4) is 0 Å². The first-order valence-electron chi connectivity index (χ1n) is 7.67. The van der Waals surface area contributed by atoms with E-state index in [0.717, 1.165) is 13.1 Å². The minimum atomic E-state index is -1.02. The first-order chi connectivity index (χ1) is 10.1. The molecule has 6 nitrogen and oxygen atoms in total. The first kappa shape index (κ1) is 14.1. The largest absolute Gasteiger partial charge is 0.478 e. The van der Waals surface area contributed by atoms with Gasteiger partial charge in [-0.1, -0.05) is 19.3 Å². The van der Waals surface area contributed by atoms with Crippen LogP contribution in [0.15, 0.2) is 12.4 Å². The zero-order valence-corrected chi connectivity index (χ0v) is 12.1. The molecule has 2 fully saturated rings. The summed E-state index contributed by atoms with van der Waals surface area (Å²) in [6.07, 6.45) is 9.05. The fraction of sp³-hybridized carbons (Fsp3) is 0.667. The Morgan fingerprint density at radius 1 is 1.19 bits per heavy atom. The van der Waals surface area contributed by atoms with Crippen molar-refractivity contribution in [1.82, 2.24) is 14.7 Å². The fourth-order valence-corrected chi connectivity index (χ4v) is 3.59. The molecule has 1 aliphatic carbocycles. The van der Waals surface area contributed by atoms with Gasteiger partial charge in [-0.3, -0.25) is 9.48 Å². The van der Waals surface area contributed by atoms with E-state index in [2.05, 4.69) is 5.10 Å². The quantitative estimate of drug-likeness (QED) is 0.918. The zero-order chi connectivity index (χ0) is 14.8. The summed E-state index contributed by atoms with van der Waals surface area (Å²) in [5.74, 6) is 0.340. The molecule has 1 N–H and O–H groups in total. The van der Waals surface area contributed by atoms with E-state index in [1.165, 1.54) is 49.2 Å². The molecule has 1 saturated carbocycles. The summed E-state index contributed by atoms with van der Waals surface area (Å²) in [5, 5.41) is 12.8. The Morgan fingerprint density at radius 2 is 1.86 bits per heavy atom. The van der Waals surface area contributed by atoms with E-state index < -0.39 is 5.97 Å². The predicted octanol–water partition coefficient (Wildman–Crippen LogP) is 1.62. The molecule has 0 bridgehead atoms. The molecule has 6 heteroatoms. The number of hydrogen-bond acceptors (Lipinski definition) is 3. The highest BCUT2D eigenvalue weighted by Crippen LogP contribution is 2.34. The van der Waals surface area contributed by atoms with Crippen molar-refractivity contribution in [3.63, 3.8) is 0 Å². The molecule has 21 heavy (non-hydrogen) atoms. The first-order valence-corrected chi connectivity index (χ1v) is 7.67. The number of carbonyl (C=O) groups excluding carboxylic acids is 1. The molecule has 0 spiro atoms. The van der Waals surface area contributed by atoms with Crippen LogP contribution in [0, 0.1) is 11.8 Å². The molecule has 1 saturated heterocycles. The van der Waals surface area contributed by atoms with Gasteiger partial charge >= 0.3 is 5.97 Å². The van der Waals surface area contributed by atoms with E-state index in [9.17, 15) is 9.59 Å². The van der Waals surface area contributed by atoms with Gasteiger partial charge in [0.2, 0.25) is 5.91 Å². The predicted molar refractivity (Wildman–Crippen MR) is 75.8 cm³/mol. The summed E-state index contributed by atoms with van der Waals surface area (Å²) >= 11 is 0. The van der Waals surface area contributed by atoms with Crippen molar-refractivity contribution >= 4 is 11.9 Å². The maximum Gasteiger partial charge on any atom is 0.338 e. The topological polar surface area (TPSA) is 75.4 Å². The average Bonchev–Trinajstić information content (AvgIpc) is 3.01. The molecule has 2 aliphatic rings. The lowest BCUT2D eigenvalue weighted by Gasteiger charge is -2.16. The van der Waals surface area contributed by atoms with Crippen molar-refractivity contribution in [2.45, 2.75) is 38.6 Å². The van der Waals surface area contributed by atoms with Gasteiger partial charge in [0.1, 0.15) is 6.54 Å². The molecule has 0 aromatic carbocycles. The highest BCUT2D eigenvalue weighted by molar-refractivity contribution is 5.87. The van der Waals surface area contributed by atoms with Crippen molar-refractivity contribution in [3.05, 3.63) is 18.0 Å². The summed E-state index contributed by atoms with van der Waals surface area (Å²) in [6, 6.07) is 0. The van der Waals surface area contributed by atoms with Crippen LogP contribution in [-0.2, 0) is 11.3 Å². The van der Waals surface area contributed by atoms with Crippen LogP contribution in [0.4, 0.5) is 0 Å². The number of aromatic nitrogens is 2. The van der Waals surface area contributed by atoms with Gasteiger partial charge in [-0.05, 0) is 24.7 Å². The number of carbonyl (C=O) groups is 2. The minimum absolute atomic E-state index is 0.0445. The van der Waals surface area contributed by atoms with E-state index in [4.69, 9.17) is 5.11 Å². The maximum atomic E-state index is 12.3. The fourth-order valence-electron chi connectivity index (χ4n) is 3.59. The van der Waals surface area contributed by atoms with Gasteiger partial charge in [-0.25, -0.2) is 4.79 Å². The second-order valence-electron chi connectivity index (χ2n) is 6.19. The summed E-state index contributed by atoms with van der Waals surface area (Å²) < 4.78 is 1.42. The van der Waals surface area contributed by atoms with Gasteiger partial charge in [0, 0.05) is 19.3 Å². The Balaban J connectivity index is 1.59. The molecule has 1 aromatic heterocycles. The lowest BCUT2D eigenvalue weighted by atomic mass is 9.92. The smallest absolute Gasteiger partial charge is 0.338 e. The summed E-state index contributed by atoms with van der Waals surface area (Å²) in [6.45, 7) is 1.85. The number of fused-ring (bicyclic) bond motifs is 1. The van der Waals surface area contributed by atoms with Gasteiger partial charge in [-0.2, -0.15) is 5.10 Å². The summed E-state index contributed by atoms with van der Waals surface area (Å²) in [5.41, 5.74) is 0.120. The number of carboxylic acid groups (broad SMARTS) is 1. The monoisotopic (exact) mass is 291 g/mol. The maximum absolute atomic E-state index is 12.3. The molecule has 1 aromatic rings. The van der Waals surface area contributed by atoms with Gasteiger partial charge in [0.15, 0.2) is 0 Å². The number of aromatic carboxylic acids is 1. The van der Waals surface area contributed by atoms with Gasteiger partial charge < -0.3 is 10.0 Å². The molecule has 3 rings (SSSR count). The number of rotatable bonds is 3. The molecule has 2 unspecified atom stereocenters. The highest BCUT2D eigenvalue weighted by atomic mass is 16.4. The third-order valence-corrected chi connectivity index (χ3v) is 4.76. The van der Waals surface area contributed by atoms with Crippen molar-refractivity contribution < 1.29 is 14.7 Å². The Labute approximate surface area is 123 Å². The van der Waals surface area contributed by atoms with Crippen molar-refractivity contribution in [3.8, 4) is 0 Å². The zero-order valence-electron chi connectivity index (χ0n) is 12.1. The molecule has 2 atom stereocenters. The standard InChI is InChI=1S/C15H21N3O3/c19-14(10-18-9-13(6-16-18)15(20)21)17-7-11-4-2-1-3-5-12(11)8-17/h6,9,11-12H,1-5,7-8,10H2,(H,20,21). The lowest BCUT2D eigenvalue weighted by Crippen LogP contribution is -2.32. The van der Waals surface area contributed by atoms with Crippen LogP contribution in [0.5, 0.6) is 0 Å². The lowest BCUT2D eigenvalue weighted by molar-refractivity contribution is -0.131. The van der Waals surface area contributed by atoms with E-state index in [0.29, 0.717) is 11.8 Å². The Morgan fingerprint density at radius 3 is 2.43 bits per heavy atom. The minimum Gasteiger partial charge on any atom is -0.478 e. The number of nitrogens with zero attached hydrogens (tertiary/aromatic N) is 3. The molecule has 114 valence electrons. The summed E-state index contributed by atoms with van der Waals surface area (Å²) in [4.78, 5) is 25.1. The number of likely N-dealkylation sites (tertiary alicyclic amines) is 1. The number of carboxylic acids is 1. The molecule has 1 aliphatic heterocycles. The Bertz CT molecular complexity index is 526. The van der Waals surface area contributed by atoms with Crippen LogP contribution in [-0.4, -0.2) is 44.8 Å². The van der Waals surface area contributed by atoms with Crippen molar-refractivity contribution in [1.29, 1.82) is 0 Å². The van der Waals surface area contributed by atoms with Crippen LogP contribution < -0.4 is 0 Å². The molecule has 2 heterocycles. The normalized spacial score (nSPS) is 25.4. The SMILES string of the molecule is O=C(O)c1cnn(CC(=O)N2CC3CCCCCC3C2)c1. The van der Waals surface area contributed by atoms with Gasteiger partial charge in [-0.15, -0.1) is 0 Å². The Hall–Kier alpha value is -1.85.